The molecular formula is C25H22N4O4. The van der Waals surface area contributed by atoms with Gasteiger partial charge in [0.05, 0.1) is 18.1 Å². The number of aliphatic carboxylic acids is 1. The number of carbonyl (C=O) groups is 1. The lowest BCUT2D eigenvalue weighted by Crippen LogP contribution is -2.06. The molecule has 33 heavy (non-hydrogen) atoms. The zero-order valence-corrected chi connectivity index (χ0v) is 18.3. The molecule has 0 spiro atoms. The molecule has 0 bridgehead atoms. The largest absolute Gasteiger partial charge is 0.490 e. The number of nitrogens with one attached hydrogen (secondary N) is 1. The zero-order valence-electron chi connectivity index (χ0n) is 18.3. The molecule has 5 rings (SSSR count). The Labute approximate surface area is 189 Å². The molecule has 0 unspecified atom stereocenters. The van der Waals surface area contributed by atoms with Crippen LogP contribution in [0.3, 0.4) is 0 Å². The van der Waals surface area contributed by atoms with Crippen LogP contribution in [0.15, 0.2) is 40.9 Å². The molecule has 166 valence electrons. The van der Waals surface area contributed by atoms with Crippen LogP contribution in [0.25, 0.3) is 33.7 Å². The van der Waals surface area contributed by atoms with E-state index in [9.17, 15) is 15.2 Å². The third-order valence-electron chi connectivity index (χ3n) is 5.91. The fourth-order valence-corrected chi connectivity index (χ4v) is 4.47. The summed E-state index contributed by atoms with van der Waals surface area (Å²) in [6, 6.07) is 13.2. The van der Waals surface area contributed by atoms with Gasteiger partial charge >= 0.3 is 5.97 Å². The first-order valence-electron chi connectivity index (χ1n) is 10.8. The van der Waals surface area contributed by atoms with Crippen LogP contribution in [-0.4, -0.2) is 32.3 Å². The molecule has 0 aliphatic heterocycles. The lowest BCUT2D eigenvalue weighted by Gasteiger charge is -2.11. The molecule has 8 heteroatoms. The molecule has 1 atom stereocenters. The topological polar surface area (TPSA) is 125 Å². The van der Waals surface area contributed by atoms with Crippen molar-refractivity contribution in [3.05, 3.63) is 53.2 Å². The van der Waals surface area contributed by atoms with E-state index in [-0.39, 0.29) is 18.4 Å². The Bertz CT molecular complexity index is 1410. The lowest BCUT2D eigenvalue weighted by atomic mass is 10.0. The average Bonchev–Trinajstić information content (AvgIpc) is 3.49. The number of H-pyrrole nitrogens is 1. The summed E-state index contributed by atoms with van der Waals surface area (Å²) in [6.07, 6.45) is 1.77. The minimum Gasteiger partial charge on any atom is -0.490 e. The van der Waals surface area contributed by atoms with E-state index < -0.39 is 5.97 Å². The standard InChI is InChI=1S/C25H22N4O4/c1-13(2)32-21-8-5-16(9-17(21)12-26)25-28-24(29-33-25)15-4-7-20-19(10-15)18-6-3-14(11-22(30)31)23(18)27-20/h4-5,7-10,13-14,27H,3,6,11H2,1-2H3,(H,30,31)/t14-/m0/s1. The van der Waals surface area contributed by atoms with Gasteiger partial charge in [-0.3, -0.25) is 4.79 Å². The van der Waals surface area contributed by atoms with Gasteiger partial charge in [0.25, 0.3) is 5.89 Å². The van der Waals surface area contributed by atoms with E-state index >= 15 is 0 Å². The van der Waals surface area contributed by atoms with Gasteiger partial charge in [0.2, 0.25) is 5.82 Å². The van der Waals surface area contributed by atoms with E-state index in [1.807, 2.05) is 32.0 Å². The average molecular weight is 442 g/mol. The summed E-state index contributed by atoms with van der Waals surface area (Å²) < 4.78 is 11.2. The van der Waals surface area contributed by atoms with Crippen LogP contribution in [0.2, 0.25) is 0 Å². The van der Waals surface area contributed by atoms with Crippen molar-refractivity contribution in [2.45, 2.75) is 45.1 Å². The number of carboxylic acids is 1. The SMILES string of the molecule is CC(C)Oc1ccc(-c2nc(-c3ccc4[nH]c5c(c4c3)CC[C@H]5CC(=O)O)no2)cc1C#N. The van der Waals surface area contributed by atoms with Crippen molar-refractivity contribution in [3.63, 3.8) is 0 Å². The Morgan fingerprint density at radius 3 is 2.88 bits per heavy atom. The van der Waals surface area contributed by atoms with E-state index in [2.05, 4.69) is 21.2 Å². The Kier molecular flexibility index (Phi) is 5.09. The van der Waals surface area contributed by atoms with Crippen LogP contribution in [0.1, 0.15) is 49.4 Å². The predicted octanol–water partition coefficient (Wildman–Crippen LogP) is 5.05. The second kappa shape index (κ2) is 8.10. The number of nitriles is 1. The summed E-state index contributed by atoms with van der Waals surface area (Å²) in [5, 5.41) is 23.9. The van der Waals surface area contributed by atoms with Gasteiger partial charge in [-0.15, -0.1) is 0 Å². The number of aryl methyl sites for hydroxylation is 1. The van der Waals surface area contributed by atoms with Crippen molar-refractivity contribution in [2.75, 3.05) is 0 Å². The summed E-state index contributed by atoms with van der Waals surface area (Å²) in [7, 11) is 0. The van der Waals surface area contributed by atoms with Crippen molar-refractivity contribution in [1.29, 1.82) is 5.26 Å². The van der Waals surface area contributed by atoms with Crippen LogP contribution >= 0.6 is 0 Å². The molecule has 0 saturated carbocycles. The number of aromatic amines is 1. The molecule has 2 aromatic heterocycles. The number of hydrogen-bond donors (Lipinski definition) is 2. The predicted molar refractivity (Wildman–Crippen MR) is 121 cm³/mol. The Morgan fingerprint density at radius 1 is 1.30 bits per heavy atom. The quantitative estimate of drug-likeness (QED) is 0.428. The van der Waals surface area contributed by atoms with Crippen molar-refractivity contribution < 1.29 is 19.2 Å². The van der Waals surface area contributed by atoms with Gasteiger partial charge in [-0.05, 0) is 68.7 Å². The van der Waals surface area contributed by atoms with Crippen LogP contribution in [0.5, 0.6) is 5.75 Å². The molecule has 2 aromatic carbocycles. The van der Waals surface area contributed by atoms with Gasteiger partial charge in [0, 0.05) is 33.6 Å². The molecular weight excluding hydrogens is 420 g/mol. The first kappa shape index (κ1) is 20.8. The van der Waals surface area contributed by atoms with Crippen LogP contribution in [0.4, 0.5) is 0 Å². The maximum atomic E-state index is 11.2. The molecule has 0 fully saturated rings. The number of carboxylic acid groups (broad SMARTS) is 1. The molecule has 8 nitrogen and oxygen atoms in total. The Balaban J connectivity index is 1.46. The highest BCUT2D eigenvalue weighted by Gasteiger charge is 2.28. The van der Waals surface area contributed by atoms with Crippen molar-refractivity contribution in [3.8, 4) is 34.7 Å². The minimum atomic E-state index is -0.783. The third kappa shape index (κ3) is 3.82. The zero-order chi connectivity index (χ0) is 23.1. The number of ether oxygens (including phenoxy) is 1. The van der Waals surface area contributed by atoms with Crippen LogP contribution in [0, 0.1) is 11.3 Å². The summed E-state index contributed by atoms with van der Waals surface area (Å²) in [6.45, 7) is 3.81. The molecule has 0 saturated heterocycles. The molecule has 0 radical (unpaired) electrons. The maximum absolute atomic E-state index is 11.2. The van der Waals surface area contributed by atoms with E-state index in [1.54, 1.807) is 18.2 Å². The van der Waals surface area contributed by atoms with Gasteiger partial charge in [0.15, 0.2) is 0 Å². The number of benzene rings is 2. The van der Waals surface area contributed by atoms with Crippen molar-refractivity contribution >= 4 is 16.9 Å². The monoisotopic (exact) mass is 442 g/mol. The van der Waals surface area contributed by atoms with Gasteiger partial charge in [-0.25, -0.2) is 0 Å². The summed E-state index contributed by atoms with van der Waals surface area (Å²) in [5.74, 6) is 0.516. The van der Waals surface area contributed by atoms with E-state index in [0.717, 1.165) is 35.0 Å². The maximum Gasteiger partial charge on any atom is 0.304 e. The van der Waals surface area contributed by atoms with Gasteiger partial charge in [-0.1, -0.05) is 5.16 Å². The van der Waals surface area contributed by atoms with E-state index in [0.29, 0.717) is 28.6 Å². The highest BCUT2D eigenvalue weighted by atomic mass is 16.5. The van der Waals surface area contributed by atoms with Crippen LogP contribution < -0.4 is 4.74 Å². The Morgan fingerprint density at radius 2 is 2.12 bits per heavy atom. The number of rotatable bonds is 6. The Hall–Kier alpha value is -4.12. The second-order valence-electron chi connectivity index (χ2n) is 8.52. The molecule has 0 amide bonds. The lowest BCUT2D eigenvalue weighted by molar-refractivity contribution is -0.137. The smallest absolute Gasteiger partial charge is 0.304 e. The highest BCUT2D eigenvalue weighted by molar-refractivity contribution is 5.89. The van der Waals surface area contributed by atoms with Gasteiger partial charge in [0.1, 0.15) is 11.8 Å². The summed E-state index contributed by atoms with van der Waals surface area (Å²) >= 11 is 0. The van der Waals surface area contributed by atoms with Crippen molar-refractivity contribution in [2.24, 2.45) is 0 Å². The summed E-state index contributed by atoms with van der Waals surface area (Å²) in [4.78, 5) is 19.1. The highest BCUT2D eigenvalue weighted by Crippen LogP contribution is 2.40. The second-order valence-corrected chi connectivity index (χ2v) is 8.52. The molecule has 2 heterocycles. The van der Waals surface area contributed by atoms with Crippen LogP contribution in [-0.2, 0) is 11.2 Å². The molecule has 4 aromatic rings. The first-order chi connectivity index (χ1) is 15.9. The normalized spacial score (nSPS) is 15.0. The van der Waals surface area contributed by atoms with Gasteiger partial charge in [-0.2, -0.15) is 10.2 Å². The molecule has 1 aliphatic carbocycles. The number of nitrogens with zero attached hydrogens (tertiary/aromatic N) is 3. The number of aromatic nitrogens is 3. The summed E-state index contributed by atoms with van der Waals surface area (Å²) in [5.41, 5.74) is 5.01. The van der Waals surface area contributed by atoms with Crippen molar-refractivity contribution in [1.82, 2.24) is 15.1 Å². The third-order valence-corrected chi connectivity index (χ3v) is 5.91. The van der Waals surface area contributed by atoms with E-state index in [4.69, 9.17) is 9.26 Å². The minimum absolute atomic E-state index is 0.0158. The fraction of sp³-hybridized carbons (Fsp3) is 0.280. The molecule has 2 N–H and O–H groups in total. The molecule has 1 aliphatic rings. The van der Waals surface area contributed by atoms with Gasteiger partial charge < -0.3 is 19.4 Å². The number of fused-ring (bicyclic) bond motifs is 3. The van der Waals surface area contributed by atoms with E-state index in [1.165, 1.54) is 5.56 Å². The fourth-order valence-electron chi connectivity index (χ4n) is 4.47. The number of hydrogen-bond acceptors (Lipinski definition) is 6. The first-order valence-corrected chi connectivity index (χ1v) is 10.8.